The molecule has 1 aromatic rings. The van der Waals surface area contributed by atoms with E-state index >= 15 is 0 Å². The van der Waals surface area contributed by atoms with Crippen molar-refractivity contribution in [2.24, 2.45) is 11.7 Å². The molecule has 1 saturated heterocycles. The third-order valence-corrected chi connectivity index (χ3v) is 3.03. The number of nitrogens with zero attached hydrogens (tertiary/aromatic N) is 2. The summed E-state index contributed by atoms with van der Waals surface area (Å²) in [4.78, 5) is 6.82. The third-order valence-electron chi connectivity index (χ3n) is 3.03. The van der Waals surface area contributed by atoms with Crippen molar-refractivity contribution in [3.63, 3.8) is 0 Å². The minimum atomic E-state index is 0.573. The number of piperidine rings is 1. The van der Waals surface area contributed by atoms with Crippen LogP contribution >= 0.6 is 0 Å². The Morgan fingerprint density at radius 2 is 2.40 bits per heavy atom. The lowest BCUT2D eigenvalue weighted by Gasteiger charge is -2.31. The molecule has 0 radical (unpaired) electrons. The number of pyridine rings is 1. The molecule has 0 bridgehead atoms. The number of aromatic nitrogens is 1. The maximum atomic E-state index is 5.55. The van der Waals surface area contributed by atoms with Crippen LogP contribution in [0.15, 0.2) is 18.3 Å². The molecular weight excluding hydrogens is 186 g/mol. The fourth-order valence-corrected chi connectivity index (χ4v) is 2.12. The molecule has 15 heavy (non-hydrogen) atoms. The zero-order valence-corrected chi connectivity index (χ0v) is 9.32. The molecule has 3 heteroatoms. The molecule has 1 fully saturated rings. The van der Waals surface area contributed by atoms with Crippen molar-refractivity contribution < 1.29 is 0 Å². The van der Waals surface area contributed by atoms with Gasteiger partial charge in [0.1, 0.15) is 5.82 Å². The maximum Gasteiger partial charge on any atom is 0.128 e. The molecule has 0 spiro atoms. The standard InChI is InChI=1S/C12H19N3/c1-10-3-2-6-15(9-10)12-5-4-11(7-13)8-14-12/h4-5,8,10H,2-3,6-7,9,13H2,1H3/t10-/m1/s1. The van der Waals surface area contributed by atoms with Gasteiger partial charge >= 0.3 is 0 Å². The zero-order valence-electron chi connectivity index (χ0n) is 9.32. The van der Waals surface area contributed by atoms with E-state index in [2.05, 4.69) is 28.9 Å². The largest absolute Gasteiger partial charge is 0.356 e. The van der Waals surface area contributed by atoms with E-state index in [1.54, 1.807) is 0 Å². The van der Waals surface area contributed by atoms with E-state index in [0.29, 0.717) is 6.54 Å². The number of rotatable bonds is 2. The molecule has 1 aliphatic rings. The van der Waals surface area contributed by atoms with Crippen LogP contribution in [0.25, 0.3) is 0 Å². The third kappa shape index (κ3) is 2.48. The van der Waals surface area contributed by atoms with Crippen molar-refractivity contribution in [3.05, 3.63) is 23.9 Å². The van der Waals surface area contributed by atoms with Crippen molar-refractivity contribution >= 4 is 5.82 Å². The Bertz CT molecular complexity index is 307. The zero-order chi connectivity index (χ0) is 10.7. The molecule has 1 atom stereocenters. The van der Waals surface area contributed by atoms with Crippen LogP contribution in [0.4, 0.5) is 5.82 Å². The summed E-state index contributed by atoms with van der Waals surface area (Å²) in [7, 11) is 0. The van der Waals surface area contributed by atoms with Gasteiger partial charge in [0.2, 0.25) is 0 Å². The first-order valence-corrected chi connectivity index (χ1v) is 5.69. The summed E-state index contributed by atoms with van der Waals surface area (Å²) < 4.78 is 0. The molecular formula is C12H19N3. The first-order valence-electron chi connectivity index (χ1n) is 5.69. The Labute approximate surface area is 91.3 Å². The molecule has 2 heterocycles. The fourth-order valence-electron chi connectivity index (χ4n) is 2.12. The predicted molar refractivity (Wildman–Crippen MR) is 62.7 cm³/mol. The van der Waals surface area contributed by atoms with E-state index in [0.717, 1.165) is 30.4 Å². The minimum Gasteiger partial charge on any atom is -0.356 e. The van der Waals surface area contributed by atoms with Crippen molar-refractivity contribution in [3.8, 4) is 0 Å². The topological polar surface area (TPSA) is 42.1 Å². The normalized spacial score (nSPS) is 21.7. The molecule has 0 saturated carbocycles. The average molecular weight is 205 g/mol. The highest BCUT2D eigenvalue weighted by molar-refractivity contribution is 5.39. The quantitative estimate of drug-likeness (QED) is 0.800. The maximum absolute atomic E-state index is 5.55. The smallest absolute Gasteiger partial charge is 0.128 e. The summed E-state index contributed by atoms with van der Waals surface area (Å²) in [5.41, 5.74) is 6.65. The van der Waals surface area contributed by atoms with Gasteiger partial charge in [-0.1, -0.05) is 13.0 Å². The molecule has 2 N–H and O–H groups in total. The van der Waals surface area contributed by atoms with E-state index in [4.69, 9.17) is 5.73 Å². The fraction of sp³-hybridized carbons (Fsp3) is 0.583. The summed E-state index contributed by atoms with van der Waals surface area (Å²) in [6.07, 6.45) is 4.51. The van der Waals surface area contributed by atoms with Gasteiger partial charge in [-0.3, -0.25) is 0 Å². The lowest BCUT2D eigenvalue weighted by Crippen LogP contribution is -2.34. The van der Waals surface area contributed by atoms with Gasteiger partial charge in [-0.25, -0.2) is 4.98 Å². The van der Waals surface area contributed by atoms with Gasteiger partial charge in [0, 0.05) is 25.8 Å². The van der Waals surface area contributed by atoms with E-state index in [-0.39, 0.29) is 0 Å². The second-order valence-electron chi connectivity index (χ2n) is 4.42. The van der Waals surface area contributed by atoms with Gasteiger partial charge in [-0.15, -0.1) is 0 Å². The molecule has 1 aromatic heterocycles. The second kappa shape index (κ2) is 4.62. The van der Waals surface area contributed by atoms with Crippen LogP contribution in [0.3, 0.4) is 0 Å². The monoisotopic (exact) mass is 205 g/mol. The summed E-state index contributed by atoms with van der Waals surface area (Å²) in [6, 6.07) is 4.15. The number of hydrogen-bond acceptors (Lipinski definition) is 3. The van der Waals surface area contributed by atoms with E-state index in [1.165, 1.54) is 12.8 Å². The van der Waals surface area contributed by atoms with E-state index in [1.807, 2.05) is 6.20 Å². The van der Waals surface area contributed by atoms with Crippen LogP contribution in [-0.2, 0) is 6.54 Å². The van der Waals surface area contributed by atoms with Gasteiger partial charge in [0.05, 0.1) is 0 Å². The van der Waals surface area contributed by atoms with Crippen molar-refractivity contribution in [1.29, 1.82) is 0 Å². The van der Waals surface area contributed by atoms with Crippen LogP contribution in [0.5, 0.6) is 0 Å². The van der Waals surface area contributed by atoms with E-state index < -0.39 is 0 Å². The van der Waals surface area contributed by atoms with Crippen LogP contribution in [-0.4, -0.2) is 18.1 Å². The van der Waals surface area contributed by atoms with Crippen molar-refractivity contribution in [1.82, 2.24) is 4.98 Å². The highest BCUT2D eigenvalue weighted by Crippen LogP contribution is 2.20. The van der Waals surface area contributed by atoms with Crippen molar-refractivity contribution in [2.75, 3.05) is 18.0 Å². The lowest BCUT2D eigenvalue weighted by atomic mass is 10.0. The molecule has 0 amide bonds. The van der Waals surface area contributed by atoms with Gasteiger partial charge in [-0.05, 0) is 30.4 Å². The van der Waals surface area contributed by atoms with Gasteiger partial charge in [-0.2, -0.15) is 0 Å². The molecule has 0 aromatic carbocycles. The van der Waals surface area contributed by atoms with Crippen LogP contribution in [0.1, 0.15) is 25.3 Å². The average Bonchev–Trinajstić information content (AvgIpc) is 2.29. The van der Waals surface area contributed by atoms with Crippen molar-refractivity contribution in [2.45, 2.75) is 26.3 Å². The molecule has 0 aliphatic carbocycles. The van der Waals surface area contributed by atoms with Crippen LogP contribution in [0, 0.1) is 5.92 Å². The Hall–Kier alpha value is -1.09. The van der Waals surface area contributed by atoms with Gasteiger partial charge in [0.15, 0.2) is 0 Å². The summed E-state index contributed by atoms with van der Waals surface area (Å²) in [5.74, 6) is 1.88. The molecule has 0 unspecified atom stereocenters. The SMILES string of the molecule is C[C@@H]1CCCN(c2ccc(CN)cn2)C1. The summed E-state index contributed by atoms with van der Waals surface area (Å²) >= 11 is 0. The van der Waals surface area contributed by atoms with Crippen LogP contribution in [0.2, 0.25) is 0 Å². The highest BCUT2D eigenvalue weighted by atomic mass is 15.2. The molecule has 3 nitrogen and oxygen atoms in total. The van der Waals surface area contributed by atoms with Crippen LogP contribution < -0.4 is 10.6 Å². The number of nitrogens with two attached hydrogens (primary N) is 1. The first-order chi connectivity index (χ1) is 7.29. The Morgan fingerprint density at radius 1 is 1.53 bits per heavy atom. The molecule has 1 aliphatic heterocycles. The second-order valence-corrected chi connectivity index (χ2v) is 4.42. The van der Waals surface area contributed by atoms with Gasteiger partial charge in [0.25, 0.3) is 0 Å². The summed E-state index contributed by atoms with van der Waals surface area (Å²) in [6.45, 7) is 5.15. The van der Waals surface area contributed by atoms with Gasteiger partial charge < -0.3 is 10.6 Å². The first kappa shape index (κ1) is 10.4. The molecule has 2 rings (SSSR count). The minimum absolute atomic E-state index is 0.573. The number of hydrogen-bond donors (Lipinski definition) is 1. The number of anilines is 1. The highest BCUT2D eigenvalue weighted by Gasteiger charge is 2.16. The Balaban J connectivity index is 2.07. The predicted octanol–water partition coefficient (Wildman–Crippen LogP) is 1.78. The Morgan fingerprint density at radius 3 is 3.00 bits per heavy atom. The Kier molecular flexibility index (Phi) is 3.21. The molecule has 82 valence electrons. The summed E-state index contributed by atoms with van der Waals surface area (Å²) in [5, 5.41) is 0. The lowest BCUT2D eigenvalue weighted by molar-refractivity contribution is 0.444. The van der Waals surface area contributed by atoms with E-state index in [9.17, 15) is 0 Å².